The van der Waals surface area contributed by atoms with Crippen LogP contribution in [-0.2, 0) is 36.1 Å². The van der Waals surface area contributed by atoms with Gasteiger partial charge in [0.2, 0.25) is 15.9 Å². The molecule has 34 heavy (non-hydrogen) atoms. The van der Waals surface area contributed by atoms with E-state index in [1.54, 1.807) is 32.4 Å². The number of ether oxygens (including phenoxy) is 3. The Hall–Kier alpha value is -1.95. The predicted molar refractivity (Wildman–Crippen MR) is 123 cm³/mol. The van der Waals surface area contributed by atoms with Crippen LogP contribution in [0.4, 0.5) is 0 Å². The highest BCUT2D eigenvalue weighted by Gasteiger charge is 2.43. The van der Waals surface area contributed by atoms with Gasteiger partial charge < -0.3 is 23.7 Å². The van der Waals surface area contributed by atoms with Crippen LogP contribution in [0.15, 0.2) is 4.90 Å². The fourth-order valence-corrected chi connectivity index (χ4v) is 7.21. The average Bonchev–Trinajstić information content (AvgIpc) is 3.37. The molecule has 10 nitrogen and oxygen atoms in total. The Morgan fingerprint density at radius 2 is 1.62 bits per heavy atom. The molecule has 0 unspecified atom stereocenters. The van der Waals surface area contributed by atoms with Gasteiger partial charge in [-0.05, 0) is 33.6 Å². The Kier molecular flexibility index (Phi) is 7.10. The van der Waals surface area contributed by atoms with Crippen molar-refractivity contribution in [3.05, 3.63) is 17.0 Å². The van der Waals surface area contributed by atoms with E-state index in [1.807, 2.05) is 4.90 Å². The van der Waals surface area contributed by atoms with E-state index < -0.39 is 21.8 Å². The molecule has 190 valence electrons. The van der Waals surface area contributed by atoms with E-state index in [0.717, 1.165) is 0 Å². The summed E-state index contributed by atoms with van der Waals surface area (Å²) in [6, 6.07) is 0. The first-order valence-corrected chi connectivity index (χ1v) is 13.4. The summed E-state index contributed by atoms with van der Waals surface area (Å²) < 4.78 is 46.9. The number of carbonyl (C=O) groups is 2. The summed E-state index contributed by atoms with van der Waals surface area (Å²) in [4.78, 5) is 27.6. The van der Waals surface area contributed by atoms with Crippen molar-refractivity contribution in [1.82, 2.24) is 13.8 Å². The fourth-order valence-electron chi connectivity index (χ4n) is 5.26. The molecule has 0 aromatic carbocycles. The zero-order valence-corrected chi connectivity index (χ0v) is 21.3. The maximum Gasteiger partial charge on any atom is 0.341 e. The van der Waals surface area contributed by atoms with Crippen molar-refractivity contribution in [3.8, 4) is 0 Å². The number of hydrogen-bond acceptors (Lipinski definition) is 7. The van der Waals surface area contributed by atoms with E-state index in [9.17, 15) is 18.0 Å². The topological polar surface area (TPSA) is 107 Å². The molecule has 11 heteroatoms. The standard InChI is InChI=1S/C23H35N3O7S/c1-5-31-22(28)19-16(2)24(4)17(3)20(19)34(29,30)26-10-6-18(7-11-26)21(27)25-12-8-23(9-13-25)32-14-15-33-23/h18H,5-15H2,1-4H3. The quantitative estimate of drug-likeness (QED) is 0.569. The van der Waals surface area contributed by atoms with Crippen molar-refractivity contribution in [2.75, 3.05) is 46.0 Å². The molecule has 4 rings (SSSR count). The molecule has 0 aliphatic carbocycles. The zero-order chi connectivity index (χ0) is 24.7. The van der Waals surface area contributed by atoms with E-state index in [0.29, 0.717) is 63.4 Å². The average molecular weight is 498 g/mol. The summed E-state index contributed by atoms with van der Waals surface area (Å²) in [6.45, 7) is 8.10. The van der Waals surface area contributed by atoms with E-state index in [-0.39, 0.29) is 42.0 Å². The summed E-state index contributed by atoms with van der Waals surface area (Å²) in [5.74, 6) is -1.31. The lowest BCUT2D eigenvalue weighted by Crippen LogP contribution is -2.50. The van der Waals surface area contributed by atoms with Crippen molar-refractivity contribution in [1.29, 1.82) is 0 Å². The van der Waals surface area contributed by atoms with Crippen LogP contribution in [0.5, 0.6) is 0 Å². The van der Waals surface area contributed by atoms with Crippen LogP contribution in [0.3, 0.4) is 0 Å². The summed E-state index contributed by atoms with van der Waals surface area (Å²) in [6.07, 6.45) is 2.23. The first-order valence-electron chi connectivity index (χ1n) is 12.0. The maximum atomic E-state index is 13.6. The molecule has 0 saturated carbocycles. The molecule has 0 radical (unpaired) electrons. The molecular formula is C23H35N3O7S. The summed E-state index contributed by atoms with van der Waals surface area (Å²) >= 11 is 0. The van der Waals surface area contributed by atoms with Crippen molar-refractivity contribution in [2.45, 2.75) is 57.1 Å². The van der Waals surface area contributed by atoms with Gasteiger partial charge in [0, 0.05) is 63.4 Å². The Morgan fingerprint density at radius 1 is 1.03 bits per heavy atom. The number of rotatable bonds is 5. The second-order valence-electron chi connectivity index (χ2n) is 9.27. The third kappa shape index (κ3) is 4.38. The number of aromatic nitrogens is 1. The van der Waals surface area contributed by atoms with Gasteiger partial charge in [0.1, 0.15) is 10.5 Å². The minimum Gasteiger partial charge on any atom is -0.462 e. The smallest absolute Gasteiger partial charge is 0.341 e. The number of amides is 1. The van der Waals surface area contributed by atoms with E-state index in [2.05, 4.69) is 0 Å². The summed E-state index contributed by atoms with van der Waals surface area (Å²) in [7, 11) is -2.19. The highest BCUT2D eigenvalue weighted by atomic mass is 32.2. The van der Waals surface area contributed by atoms with Gasteiger partial charge in [0.25, 0.3) is 0 Å². The van der Waals surface area contributed by atoms with Crippen LogP contribution in [0.25, 0.3) is 0 Å². The second-order valence-corrected chi connectivity index (χ2v) is 11.1. The first-order chi connectivity index (χ1) is 16.1. The third-order valence-electron chi connectivity index (χ3n) is 7.45. The van der Waals surface area contributed by atoms with Crippen molar-refractivity contribution < 1.29 is 32.2 Å². The van der Waals surface area contributed by atoms with Gasteiger partial charge in [-0.1, -0.05) is 0 Å². The molecule has 0 bridgehead atoms. The molecule has 0 N–H and O–H groups in total. The van der Waals surface area contributed by atoms with Gasteiger partial charge in [-0.3, -0.25) is 4.79 Å². The van der Waals surface area contributed by atoms with Crippen LogP contribution in [0.1, 0.15) is 54.4 Å². The number of hydrogen-bond donors (Lipinski definition) is 0. The molecule has 3 fully saturated rings. The normalized spacial score (nSPS) is 21.8. The Morgan fingerprint density at radius 3 is 2.18 bits per heavy atom. The lowest BCUT2D eigenvalue weighted by molar-refractivity contribution is -0.188. The van der Waals surface area contributed by atoms with Gasteiger partial charge in [-0.25, -0.2) is 13.2 Å². The molecule has 1 spiro atoms. The minimum atomic E-state index is -3.92. The van der Waals surface area contributed by atoms with E-state index in [4.69, 9.17) is 14.2 Å². The molecule has 4 heterocycles. The second kappa shape index (κ2) is 9.60. The monoisotopic (exact) mass is 497 g/mol. The van der Waals surface area contributed by atoms with E-state index in [1.165, 1.54) is 4.31 Å². The van der Waals surface area contributed by atoms with Gasteiger partial charge in [0.15, 0.2) is 5.79 Å². The lowest BCUT2D eigenvalue weighted by atomic mass is 9.94. The SMILES string of the molecule is CCOC(=O)c1c(S(=O)(=O)N2CCC(C(=O)N3CCC4(CC3)OCCO4)CC2)c(C)n(C)c1C. The molecule has 3 saturated heterocycles. The Labute approximate surface area is 201 Å². The largest absolute Gasteiger partial charge is 0.462 e. The lowest BCUT2D eigenvalue weighted by Gasteiger charge is -2.40. The van der Waals surface area contributed by atoms with Gasteiger partial charge in [-0.2, -0.15) is 4.31 Å². The number of esters is 1. The fraction of sp³-hybridized carbons (Fsp3) is 0.739. The number of piperidine rings is 2. The zero-order valence-electron chi connectivity index (χ0n) is 20.5. The van der Waals surface area contributed by atoms with Crippen LogP contribution in [-0.4, -0.2) is 85.9 Å². The van der Waals surface area contributed by atoms with Crippen LogP contribution >= 0.6 is 0 Å². The highest BCUT2D eigenvalue weighted by Crippen LogP contribution is 2.34. The molecule has 1 aromatic rings. The Balaban J connectivity index is 1.44. The number of carbonyl (C=O) groups excluding carboxylic acids is 2. The molecular weight excluding hydrogens is 462 g/mol. The van der Waals surface area contributed by atoms with Crippen LogP contribution in [0.2, 0.25) is 0 Å². The molecule has 3 aliphatic rings. The first kappa shape index (κ1) is 25.2. The Bertz CT molecular complexity index is 1040. The van der Waals surface area contributed by atoms with Crippen LogP contribution < -0.4 is 0 Å². The van der Waals surface area contributed by atoms with Crippen molar-refractivity contribution >= 4 is 21.9 Å². The molecule has 1 amide bonds. The van der Waals surface area contributed by atoms with Gasteiger partial charge in [-0.15, -0.1) is 0 Å². The van der Waals surface area contributed by atoms with Crippen LogP contribution in [0, 0.1) is 19.8 Å². The molecule has 0 atom stereocenters. The predicted octanol–water partition coefficient (Wildman–Crippen LogP) is 1.58. The number of nitrogens with zero attached hydrogens (tertiary/aromatic N) is 3. The number of sulfonamides is 1. The maximum absolute atomic E-state index is 13.6. The summed E-state index contributed by atoms with van der Waals surface area (Å²) in [5, 5.41) is 0. The van der Waals surface area contributed by atoms with Crippen molar-refractivity contribution in [2.24, 2.45) is 13.0 Å². The van der Waals surface area contributed by atoms with Gasteiger partial charge in [0.05, 0.1) is 19.8 Å². The van der Waals surface area contributed by atoms with Gasteiger partial charge >= 0.3 is 5.97 Å². The van der Waals surface area contributed by atoms with Crippen molar-refractivity contribution in [3.63, 3.8) is 0 Å². The molecule has 3 aliphatic heterocycles. The minimum absolute atomic E-state index is 0.00798. The van der Waals surface area contributed by atoms with E-state index >= 15 is 0 Å². The highest BCUT2D eigenvalue weighted by molar-refractivity contribution is 7.89. The number of likely N-dealkylation sites (tertiary alicyclic amines) is 1. The third-order valence-corrected chi connectivity index (χ3v) is 9.52. The molecule has 1 aromatic heterocycles. The summed E-state index contributed by atoms with van der Waals surface area (Å²) in [5.41, 5.74) is 1.15.